The molecule has 0 aliphatic carbocycles. The summed E-state index contributed by atoms with van der Waals surface area (Å²) in [4.78, 5) is 2.54. The topological polar surface area (TPSA) is 12.5 Å². The van der Waals surface area contributed by atoms with E-state index in [9.17, 15) is 0 Å². The van der Waals surface area contributed by atoms with Gasteiger partial charge in [0.25, 0.3) is 0 Å². The van der Waals surface area contributed by atoms with Gasteiger partial charge in [0, 0.05) is 4.47 Å². The molecule has 2 nitrogen and oxygen atoms in total. The van der Waals surface area contributed by atoms with E-state index in [-0.39, 0.29) is 0 Å². The number of hydrogen-bond donors (Lipinski definition) is 0. The maximum Gasteiger partial charge on any atom is 0.119 e. The van der Waals surface area contributed by atoms with Crippen LogP contribution in [0.3, 0.4) is 0 Å². The zero-order chi connectivity index (χ0) is 14.5. The summed E-state index contributed by atoms with van der Waals surface area (Å²) in [6.45, 7) is 3.04. The first-order chi connectivity index (χ1) is 10.3. The smallest absolute Gasteiger partial charge is 0.119 e. The second-order valence-electron chi connectivity index (χ2n) is 5.43. The summed E-state index contributed by atoms with van der Waals surface area (Å²) < 4.78 is 7.11. The van der Waals surface area contributed by atoms with Gasteiger partial charge in [-0.05, 0) is 55.8 Å². The Balaban J connectivity index is 1.71. The van der Waals surface area contributed by atoms with Crippen LogP contribution in [0.25, 0.3) is 0 Å². The van der Waals surface area contributed by atoms with Crippen LogP contribution in [-0.2, 0) is 0 Å². The Bertz CT molecular complexity index is 549. The summed E-state index contributed by atoms with van der Waals surface area (Å²) in [6.07, 6.45) is 2.59. The Hall–Kier alpha value is -1.32. The number of nitrogens with zero attached hydrogens (tertiary/aromatic N) is 1. The monoisotopic (exact) mass is 345 g/mol. The molecule has 0 unspecified atom stereocenters. The molecule has 2 aromatic carbocycles. The molecule has 1 atom stereocenters. The molecule has 1 aliphatic rings. The van der Waals surface area contributed by atoms with E-state index in [4.69, 9.17) is 4.74 Å². The minimum absolute atomic E-state index is 0.345. The SMILES string of the molecule is Brc1ccc(OC[C@@H](c2ccccc2)N2CCCC2)cc1. The molecule has 21 heavy (non-hydrogen) atoms. The van der Waals surface area contributed by atoms with Gasteiger partial charge in [-0.25, -0.2) is 0 Å². The molecule has 0 aromatic heterocycles. The summed E-state index contributed by atoms with van der Waals surface area (Å²) >= 11 is 3.45. The maximum absolute atomic E-state index is 6.03. The fourth-order valence-electron chi connectivity index (χ4n) is 2.85. The van der Waals surface area contributed by atoms with Crippen molar-refractivity contribution in [2.45, 2.75) is 18.9 Å². The lowest BCUT2D eigenvalue weighted by atomic mass is 10.1. The van der Waals surface area contributed by atoms with E-state index in [1.807, 2.05) is 24.3 Å². The average Bonchev–Trinajstić information content (AvgIpc) is 3.05. The van der Waals surface area contributed by atoms with Gasteiger partial charge in [-0.3, -0.25) is 4.90 Å². The molecule has 0 amide bonds. The van der Waals surface area contributed by atoms with E-state index < -0.39 is 0 Å². The quantitative estimate of drug-likeness (QED) is 0.780. The summed E-state index contributed by atoms with van der Waals surface area (Å²) in [5.74, 6) is 0.929. The van der Waals surface area contributed by atoms with Crippen LogP contribution >= 0.6 is 15.9 Å². The molecule has 0 radical (unpaired) electrons. The third-order valence-electron chi connectivity index (χ3n) is 3.99. The van der Waals surface area contributed by atoms with Crippen molar-refractivity contribution in [2.75, 3.05) is 19.7 Å². The lowest BCUT2D eigenvalue weighted by molar-refractivity contribution is 0.161. The van der Waals surface area contributed by atoms with Crippen LogP contribution in [0.1, 0.15) is 24.4 Å². The van der Waals surface area contributed by atoms with Gasteiger partial charge in [0.1, 0.15) is 12.4 Å². The molecule has 110 valence electrons. The van der Waals surface area contributed by atoms with Gasteiger partial charge in [-0.15, -0.1) is 0 Å². The number of halogens is 1. The largest absolute Gasteiger partial charge is 0.492 e. The van der Waals surface area contributed by atoms with Crippen LogP contribution in [0.5, 0.6) is 5.75 Å². The standard InChI is InChI=1S/C18H20BrNO/c19-16-8-10-17(11-9-16)21-14-18(20-12-4-5-13-20)15-6-2-1-3-7-15/h1-3,6-11,18H,4-5,12-14H2/t18-/m0/s1. The Labute approximate surface area is 134 Å². The van der Waals surface area contributed by atoms with Crippen molar-refractivity contribution in [2.24, 2.45) is 0 Å². The highest BCUT2D eigenvalue weighted by atomic mass is 79.9. The summed E-state index contributed by atoms with van der Waals surface area (Å²) in [6, 6.07) is 19.1. The number of likely N-dealkylation sites (tertiary alicyclic amines) is 1. The van der Waals surface area contributed by atoms with Crippen LogP contribution in [0.15, 0.2) is 59.1 Å². The second-order valence-corrected chi connectivity index (χ2v) is 6.35. The van der Waals surface area contributed by atoms with Gasteiger partial charge in [0.2, 0.25) is 0 Å². The number of hydrogen-bond acceptors (Lipinski definition) is 2. The van der Waals surface area contributed by atoms with E-state index in [0.717, 1.165) is 10.2 Å². The fourth-order valence-corrected chi connectivity index (χ4v) is 3.11. The highest BCUT2D eigenvalue weighted by molar-refractivity contribution is 9.10. The number of rotatable bonds is 5. The van der Waals surface area contributed by atoms with Gasteiger partial charge >= 0.3 is 0 Å². The van der Waals surface area contributed by atoms with Gasteiger partial charge in [0.05, 0.1) is 6.04 Å². The molecule has 1 aliphatic heterocycles. The summed E-state index contributed by atoms with van der Waals surface area (Å²) in [5.41, 5.74) is 1.34. The first-order valence-electron chi connectivity index (χ1n) is 7.50. The lowest BCUT2D eigenvalue weighted by Gasteiger charge is -2.28. The Kier molecular flexibility index (Phi) is 4.94. The first kappa shape index (κ1) is 14.6. The molecular weight excluding hydrogens is 326 g/mol. The maximum atomic E-state index is 6.03. The molecule has 2 aromatic rings. The molecule has 1 saturated heterocycles. The Morgan fingerprint density at radius 2 is 1.62 bits per heavy atom. The van der Waals surface area contributed by atoms with Crippen LogP contribution in [0.4, 0.5) is 0 Å². The predicted molar refractivity (Wildman–Crippen MR) is 89.6 cm³/mol. The van der Waals surface area contributed by atoms with Crippen molar-refractivity contribution in [3.63, 3.8) is 0 Å². The van der Waals surface area contributed by atoms with Gasteiger partial charge < -0.3 is 4.74 Å². The van der Waals surface area contributed by atoms with Crippen molar-refractivity contribution in [1.29, 1.82) is 0 Å². The summed E-state index contributed by atoms with van der Waals surface area (Å²) in [7, 11) is 0. The zero-order valence-corrected chi connectivity index (χ0v) is 13.6. The minimum atomic E-state index is 0.345. The zero-order valence-electron chi connectivity index (χ0n) is 12.0. The lowest BCUT2D eigenvalue weighted by Crippen LogP contribution is -2.30. The second kappa shape index (κ2) is 7.10. The highest BCUT2D eigenvalue weighted by Crippen LogP contribution is 2.26. The van der Waals surface area contributed by atoms with Gasteiger partial charge in [-0.2, -0.15) is 0 Å². The van der Waals surface area contributed by atoms with Gasteiger partial charge in [0.15, 0.2) is 0 Å². The van der Waals surface area contributed by atoms with Crippen molar-refractivity contribution < 1.29 is 4.74 Å². The molecule has 0 spiro atoms. The molecule has 3 heteroatoms. The molecule has 1 fully saturated rings. The van der Waals surface area contributed by atoms with Crippen LogP contribution in [0, 0.1) is 0 Å². The van der Waals surface area contributed by atoms with Crippen LogP contribution in [0.2, 0.25) is 0 Å². The van der Waals surface area contributed by atoms with Crippen LogP contribution < -0.4 is 4.74 Å². The van der Waals surface area contributed by atoms with Crippen molar-refractivity contribution in [3.05, 3.63) is 64.6 Å². The normalized spacial score (nSPS) is 16.8. The minimum Gasteiger partial charge on any atom is -0.492 e. The van der Waals surface area contributed by atoms with E-state index in [2.05, 4.69) is 51.2 Å². The van der Waals surface area contributed by atoms with E-state index in [1.54, 1.807) is 0 Å². The molecule has 0 N–H and O–H groups in total. The molecule has 1 heterocycles. The molecule has 0 saturated carbocycles. The highest BCUT2D eigenvalue weighted by Gasteiger charge is 2.23. The van der Waals surface area contributed by atoms with E-state index >= 15 is 0 Å². The van der Waals surface area contributed by atoms with E-state index in [1.165, 1.54) is 31.5 Å². The third-order valence-corrected chi connectivity index (χ3v) is 4.52. The number of ether oxygens (including phenoxy) is 1. The number of benzene rings is 2. The predicted octanol–water partition coefficient (Wildman–Crippen LogP) is 4.67. The first-order valence-corrected chi connectivity index (χ1v) is 8.29. The van der Waals surface area contributed by atoms with E-state index in [0.29, 0.717) is 12.6 Å². The third kappa shape index (κ3) is 3.86. The van der Waals surface area contributed by atoms with Crippen molar-refractivity contribution >= 4 is 15.9 Å². The van der Waals surface area contributed by atoms with Gasteiger partial charge in [-0.1, -0.05) is 46.3 Å². The van der Waals surface area contributed by atoms with Crippen molar-refractivity contribution in [1.82, 2.24) is 4.90 Å². The van der Waals surface area contributed by atoms with Crippen molar-refractivity contribution in [3.8, 4) is 5.75 Å². The molecule has 3 rings (SSSR count). The summed E-state index contributed by atoms with van der Waals surface area (Å²) in [5, 5.41) is 0. The Morgan fingerprint density at radius 1 is 0.952 bits per heavy atom. The molecule has 0 bridgehead atoms. The Morgan fingerprint density at radius 3 is 2.29 bits per heavy atom. The van der Waals surface area contributed by atoms with Crippen LogP contribution in [-0.4, -0.2) is 24.6 Å². The fraction of sp³-hybridized carbons (Fsp3) is 0.333. The average molecular weight is 346 g/mol. The molecular formula is C18H20BrNO.